The Labute approximate surface area is 128 Å². The predicted molar refractivity (Wildman–Crippen MR) is 79.1 cm³/mol. The van der Waals surface area contributed by atoms with Crippen molar-refractivity contribution in [3.8, 4) is 0 Å². The number of carbonyl (C=O) groups is 3. The third kappa shape index (κ3) is 4.97. The summed E-state index contributed by atoms with van der Waals surface area (Å²) in [7, 11) is 2.46. The standard InChI is InChI=1S/C16H17NO5/c1-11(15(19)21-2)7-8-12(16(20)22-3)10-14(18)13-6-4-5-9-17-13/h4-6,9-10H,1,7-8H2,2-3H3/b12-10+. The van der Waals surface area contributed by atoms with E-state index in [4.69, 9.17) is 0 Å². The quantitative estimate of drug-likeness (QED) is 0.434. The highest BCUT2D eigenvalue weighted by atomic mass is 16.5. The van der Waals surface area contributed by atoms with Gasteiger partial charge in [0.05, 0.1) is 14.2 Å². The molecule has 0 radical (unpaired) electrons. The van der Waals surface area contributed by atoms with Crippen LogP contribution in [0.25, 0.3) is 0 Å². The Morgan fingerprint density at radius 1 is 1.14 bits per heavy atom. The van der Waals surface area contributed by atoms with E-state index < -0.39 is 17.7 Å². The number of allylic oxidation sites excluding steroid dienone is 1. The number of aromatic nitrogens is 1. The zero-order valence-corrected chi connectivity index (χ0v) is 12.5. The van der Waals surface area contributed by atoms with Gasteiger partial charge in [-0.25, -0.2) is 9.59 Å². The first-order valence-corrected chi connectivity index (χ1v) is 6.50. The van der Waals surface area contributed by atoms with Gasteiger partial charge in [-0.2, -0.15) is 0 Å². The summed E-state index contributed by atoms with van der Waals surface area (Å²) in [6.07, 6.45) is 2.97. The van der Waals surface area contributed by atoms with E-state index in [1.807, 2.05) is 0 Å². The second kappa shape index (κ2) is 8.51. The maximum absolute atomic E-state index is 12.0. The number of hydrogen-bond acceptors (Lipinski definition) is 6. The molecule has 1 aromatic heterocycles. The fourth-order valence-corrected chi connectivity index (χ4v) is 1.64. The first-order valence-electron chi connectivity index (χ1n) is 6.50. The largest absolute Gasteiger partial charge is 0.466 e. The van der Waals surface area contributed by atoms with Gasteiger partial charge in [0.25, 0.3) is 0 Å². The Balaban J connectivity index is 2.87. The van der Waals surface area contributed by atoms with Crippen LogP contribution in [0.15, 0.2) is 48.2 Å². The third-order valence-electron chi connectivity index (χ3n) is 2.84. The highest BCUT2D eigenvalue weighted by molar-refractivity contribution is 6.07. The second-order valence-electron chi connectivity index (χ2n) is 4.34. The molecule has 22 heavy (non-hydrogen) atoms. The highest BCUT2D eigenvalue weighted by Gasteiger charge is 2.16. The van der Waals surface area contributed by atoms with Gasteiger partial charge in [0.15, 0.2) is 0 Å². The summed E-state index contributed by atoms with van der Waals surface area (Å²) in [5.74, 6) is -1.60. The van der Waals surface area contributed by atoms with Crippen LogP contribution in [0.5, 0.6) is 0 Å². The summed E-state index contributed by atoms with van der Waals surface area (Å²) in [6, 6.07) is 4.90. The SMILES string of the molecule is C=C(CC/C(=C\C(=O)c1ccccn1)C(=O)OC)C(=O)OC. The number of rotatable bonds is 7. The van der Waals surface area contributed by atoms with Crippen LogP contribution in [0.2, 0.25) is 0 Å². The van der Waals surface area contributed by atoms with Gasteiger partial charge < -0.3 is 9.47 Å². The van der Waals surface area contributed by atoms with E-state index in [2.05, 4.69) is 21.0 Å². The van der Waals surface area contributed by atoms with E-state index in [9.17, 15) is 14.4 Å². The normalized spacial score (nSPS) is 10.7. The molecule has 0 fully saturated rings. The van der Waals surface area contributed by atoms with Crippen molar-refractivity contribution in [3.63, 3.8) is 0 Å². The van der Waals surface area contributed by atoms with Crippen LogP contribution in [0.3, 0.4) is 0 Å². The minimum absolute atomic E-state index is 0.138. The van der Waals surface area contributed by atoms with E-state index in [1.54, 1.807) is 18.2 Å². The minimum atomic E-state index is -0.637. The Morgan fingerprint density at radius 3 is 2.36 bits per heavy atom. The van der Waals surface area contributed by atoms with Crippen molar-refractivity contribution in [1.82, 2.24) is 4.98 Å². The number of ketones is 1. The number of methoxy groups -OCH3 is 2. The van der Waals surface area contributed by atoms with E-state index >= 15 is 0 Å². The van der Waals surface area contributed by atoms with E-state index in [0.717, 1.165) is 0 Å². The molecule has 0 N–H and O–H groups in total. The van der Waals surface area contributed by atoms with Crippen molar-refractivity contribution >= 4 is 17.7 Å². The molecule has 0 unspecified atom stereocenters. The molecule has 0 bridgehead atoms. The van der Waals surface area contributed by atoms with Crippen LogP contribution in [-0.4, -0.2) is 36.9 Å². The van der Waals surface area contributed by atoms with Crippen LogP contribution >= 0.6 is 0 Å². The van der Waals surface area contributed by atoms with Crippen molar-refractivity contribution in [2.45, 2.75) is 12.8 Å². The highest BCUT2D eigenvalue weighted by Crippen LogP contribution is 2.14. The molecule has 1 rings (SSSR count). The molecule has 0 amide bonds. The van der Waals surface area contributed by atoms with Gasteiger partial charge in [-0.05, 0) is 31.1 Å². The lowest BCUT2D eigenvalue weighted by Gasteiger charge is -2.06. The van der Waals surface area contributed by atoms with Crippen LogP contribution in [0.1, 0.15) is 23.3 Å². The summed E-state index contributed by atoms with van der Waals surface area (Å²) in [6.45, 7) is 3.57. The maximum atomic E-state index is 12.0. The van der Waals surface area contributed by atoms with E-state index in [0.29, 0.717) is 0 Å². The van der Waals surface area contributed by atoms with Gasteiger partial charge in [0, 0.05) is 17.3 Å². The van der Waals surface area contributed by atoms with Crippen molar-refractivity contribution in [2.75, 3.05) is 14.2 Å². The lowest BCUT2D eigenvalue weighted by molar-refractivity contribution is -0.137. The number of ether oxygens (including phenoxy) is 2. The second-order valence-corrected chi connectivity index (χ2v) is 4.34. The summed E-state index contributed by atoms with van der Waals surface area (Å²) in [5, 5.41) is 0. The molecule has 0 aliphatic heterocycles. The minimum Gasteiger partial charge on any atom is -0.466 e. The summed E-state index contributed by atoms with van der Waals surface area (Å²) >= 11 is 0. The molecule has 0 saturated carbocycles. The van der Waals surface area contributed by atoms with Crippen molar-refractivity contribution in [3.05, 3.63) is 53.9 Å². The zero-order chi connectivity index (χ0) is 16.5. The van der Waals surface area contributed by atoms with Crippen LogP contribution in [0, 0.1) is 0 Å². The molecule has 6 heteroatoms. The zero-order valence-electron chi connectivity index (χ0n) is 12.5. The molecule has 116 valence electrons. The molecule has 1 heterocycles. The van der Waals surface area contributed by atoms with Crippen molar-refractivity contribution < 1.29 is 23.9 Å². The first kappa shape index (κ1) is 17.3. The van der Waals surface area contributed by atoms with Gasteiger partial charge in [-0.15, -0.1) is 0 Å². The lowest BCUT2D eigenvalue weighted by Crippen LogP contribution is -2.10. The Kier molecular flexibility index (Phi) is 6.69. The van der Waals surface area contributed by atoms with Crippen LogP contribution in [0.4, 0.5) is 0 Å². The average molecular weight is 303 g/mol. The number of pyridine rings is 1. The van der Waals surface area contributed by atoms with Gasteiger partial charge in [0.2, 0.25) is 5.78 Å². The van der Waals surface area contributed by atoms with E-state index in [1.165, 1.54) is 26.5 Å². The average Bonchev–Trinajstić information content (AvgIpc) is 2.57. The van der Waals surface area contributed by atoms with Gasteiger partial charge in [0.1, 0.15) is 5.69 Å². The topological polar surface area (TPSA) is 82.6 Å². The number of hydrogen-bond donors (Lipinski definition) is 0. The molecule has 0 aliphatic rings. The molecule has 6 nitrogen and oxygen atoms in total. The predicted octanol–water partition coefficient (Wildman–Crippen LogP) is 1.87. The molecule has 1 aromatic rings. The fraction of sp³-hybridized carbons (Fsp3) is 0.250. The number of carbonyl (C=O) groups excluding carboxylic acids is 3. The number of esters is 2. The Morgan fingerprint density at radius 2 is 1.82 bits per heavy atom. The van der Waals surface area contributed by atoms with Gasteiger partial charge in [-0.1, -0.05) is 12.6 Å². The Hall–Kier alpha value is -2.76. The third-order valence-corrected chi connectivity index (χ3v) is 2.84. The summed E-state index contributed by atoms with van der Waals surface area (Å²) < 4.78 is 9.17. The van der Waals surface area contributed by atoms with Crippen LogP contribution in [-0.2, 0) is 19.1 Å². The number of nitrogens with zero attached hydrogens (tertiary/aromatic N) is 1. The summed E-state index contributed by atoms with van der Waals surface area (Å²) in [4.78, 5) is 39.0. The molecular formula is C16H17NO5. The smallest absolute Gasteiger partial charge is 0.333 e. The van der Waals surface area contributed by atoms with Crippen molar-refractivity contribution in [2.24, 2.45) is 0 Å². The summed E-state index contributed by atoms with van der Waals surface area (Å²) in [5.41, 5.74) is 0.571. The van der Waals surface area contributed by atoms with Gasteiger partial charge >= 0.3 is 11.9 Å². The Bertz CT molecular complexity index is 604. The monoisotopic (exact) mass is 303 g/mol. The first-order chi connectivity index (χ1) is 10.5. The molecule has 0 saturated heterocycles. The lowest BCUT2D eigenvalue weighted by atomic mass is 10.0. The van der Waals surface area contributed by atoms with Gasteiger partial charge in [-0.3, -0.25) is 9.78 Å². The van der Waals surface area contributed by atoms with Crippen molar-refractivity contribution in [1.29, 1.82) is 0 Å². The fourth-order valence-electron chi connectivity index (χ4n) is 1.64. The molecule has 0 spiro atoms. The maximum Gasteiger partial charge on any atom is 0.333 e. The van der Waals surface area contributed by atoms with E-state index in [-0.39, 0.29) is 29.7 Å². The molecule has 0 aromatic carbocycles. The van der Waals surface area contributed by atoms with Crippen LogP contribution < -0.4 is 0 Å². The molecule has 0 aliphatic carbocycles. The molecule has 0 atom stereocenters. The molecular weight excluding hydrogens is 286 g/mol.